The maximum Gasteiger partial charge on any atom is 0.276 e. The molecule has 34 heavy (non-hydrogen) atoms. The SMILES string of the molecule is Cc1cc(C#Cc2cccs2)cnc1NC(=O)c1c(Cl)cnn1C1CCN(C(=O)C(C)C)CC1. The van der Waals surface area contributed by atoms with Gasteiger partial charge >= 0.3 is 0 Å². The van der Waals surface area contributed by atoms with Crippen LogP contribution in [0.1, 0.15) is 59.2 Å². The smallest absolute Gasteiger partial charge is 0.276 e. The summed E-state index contributed by atoms with van der Waals surface area (Å²) in [7, 11) is 0. The number of hydrogen-bond acceptors (Lipinski definition) is 5. The minimum atomic E-state index is -0.365. The lowest BCUT2D eigenvalue weighted by atomic mass is 10.0. The average molecular weight is 496 g/mol. The summed E-state index contributed by atoms with van der Waals surface area (Å²) in [6.07, 6.45) is 4.56. The molecule has 3 aromatic heterocycles. The molecule has 3 aromatic rings. The molecular formula is C25H26ClN5O2S. The summed E-state index contributed by atoms with van der Waals surface area (Å²) in [5.74, 6) is 6.42. The van der Waals surface area contributed by atoms with E-state index in [4.69, 9.17) is 11.6 Å². The number of piperidine rings is 1. The summed E-state index contributed by atoms with van der Waals surface area (Å²) in [5.41, 5.74) is 1.88. The van der Waals surface area contributed by atoms with Gasteiger partial charge in [-0.15, -0.1) is 11.3 Å². The molecule has 9 heteroatoms. The van der Waals surface area contributed by atoms with Gasteiger partial charge in [0, 0.05) is 30.8 Å². The first-order valence-corrected chi connectivity index (χ1v) is 12.4. The van der Waals surface area contributed by atoms with Crippen molar-refractivity contribution in [3.05, 3.63) is 62.7 Å². The Morgan fingerprint density at radius 2 is 2.00 bits per heavy atom. The molecule has 0 saturated carbocycles. The van der Waals surface area contributed by atoms with Crippen LogP contribution in [-0.2, 0) is 4.79 Å². The molecule has 1 N–H and O–H groups in total. The number of hydrogen-bond donors (Lipinski definition) is 1. The molecule has 4 rings (SSSR count). The molecule has 4 heterocycles. The third-order valence-corrected chi connectivity index (χ3v) is 6.81. The summed E-state index contributed by atoms with van der Waals surface area (Å²) in [5, 5.41) is 9.51. The lowest BCUT2D eigenvalue weighted by Crippen LogP contribution is -2.41. The third-order valence-electron chi connectivity index (χ3n) is 5.74. The number of anilines is 1. The van der Waals surface area contributed by atoms with Crippen molar-refractivity contribution in [2.24, 2.45) is 5.92 Å². The number of rotatable bonds is 4. The van der Waals surface area contributed by atoms with Gasteiger partial charge in [0.15, 0.2) is 0 Å². The molecule has 0 spiro atoms. The van der Waals surface area contributed by atoms with Crippen molar-refractivity contribution in [3.8, 4) is 11.8 Å². The largest absolute Gasteiger partial charge is 0.342 e. The molecule has 1 aliphatic heterocycles. The van der Waals surface area contributed by atoms with E-state index in [-0.39, 0.29) is 28.8 Å². The van der Waals surface area contributed by atoms with Gasteiger partial charge in [-0.05, 0) is 42.8 Å². The normalized spacial score (nSPS) is 14.1. The van der Waals surface area contributed by atoms with Crippen LogP contribution in [0.25, 0.3) is 0 Å². The van der Waals surface area contributed by atoms with Crippen LogP contribution in [0, 0.1) is 24.7 Å². The highest BCUT2D eigenvalue weighted by Crippen LogP contribution is 2.28. The number of nitrogens with one attached hydrogen (secondary N) is 1. The van der Waals surface area contributed by atoms with Gasteiger partial charge in [0.1, 0.15) is 11.5 Å². The highest BCUT2D eigenvalue weighted by Gasteiger charge is 2.29. The number of carbonyl (C=O) groups is 2. The van der Waals surface area contributed by atoms with Crippen molar-refractivity contribution in [2.45, 2.75) is 39.7 Å². The lowest BCUT2D eigenvalue weighted by Gasteiger charge is -2.33. The number of aryl methyl sites for hydroxylation is 1. The monoisotopic (exact) mass is 495 g/mol. The van der Waals surface area contributed by atoms with Crippen LogP contribution in [0.4, 0.5) is 5.82 Å². The number of nitrogens with zero attached hydrogens (tertiary/aromatic N) is 4. The fourth-order valence-electron chi connectivity index (χ4n) is 3.95. The van der Waals surface area contributed by atoms with E-state index >= 15 is 0 Å². The fraction of sp³-hybridized carbons (Fsp3) is 0.360. The number of halogens is 1. The number of likely N-dealkylation sites (tertiary alicyclic amines) is 1. The second-order valence-electron chi connectivity index (χ2n) is 8.57. The Labute approximate surface area is 208 Å². The number of thiophene rings is 1. The zero-order valence-electron chi connectivity index (χ0n) is 19.3. The standard InChI is InChI=1S/C25H26ClN5O2S/c1-16(2)25(33)30-10-8-19(9-11-30)31-22(21(26)15-28-31)24(32)29-23-17(3)13-18(14-27-23)6-7-20-5-4-12-34-20/h4-5,12-16,19H,8-11H2,1-3H3,(H,27,29,32). The minimum Gasteiger partial charge on any atom is -0.342 e. The van der Waals surface area contributed by atoms with E-state index in [0.717, 1.165) is 16.0 Å². The van der Waals surface area contributed by atoms with Crippen LogP contribution in [0.2, 0.25) is 5.02 Å². The molecule has 0 aliphatic carbocycles. The van der Waals surface area contributed by atoms with Crippen molar-refractivity contribution in [3.63, 3.8) is 0 Å². The number of pyridine rings is 1. The molecule has 0 unspecified atom stereocenters. The van der Waals surface area contributed by atoms with E-state index in [1.54, 1.807) is 22.2 Å². The summed E-state index contributed by atoms with van der Waals surface area (Å²) >= 11 is 7.94. The van der Waals surface area contributed by atoms with Crippen molar-refractivity contribution < 1.29 is 9.59 Å². The highest BCUT2D eigenvalue weighted by atomic mass is 35.5. The number of aromatic nitrogens is 3. The Bertz CT molecular complexity index is 1250. The zero-order chi connectivity index (χ0) is 24.2. The van der Waals surface area contributed by atoms with Gasteiger partial charge in [0.05, 0.1) is 22.1 Å². The molecule has 2 amide bonds. The van der Waals surface area contributed by atoms with Gasteiger partial charge in [0.2, 0.25) is 5.91 Å². The quantitative estimate of drug-likeness (QED) is 0.528. The Hall–Kier alpha value is -3.15. The first kappa shape index (κ1) is 24.0. The first-order chi connectivity index (χ1) is 16.3. The molecule has 0 radical (unpaired) electrons. The highest BCUT2D eigenvalue weighted by molar-refractivity contribution is 7.10. The summed E-state index contributed by atoms with van der Waals surface area (Å²) in [6, 6.07) is 5.81. The van der Waals surface area contributed by atoms with E-state index in [0.29, 0.717) is 37.4 Å². The molecule has 0 aromatic carbocycles. The van der Waals surface area contributed by atoms with Crippen molar-refractivity contribution >= 4 is 40.6 Å². The fourth-order valence-corrected chi connectivity index (χ4v) is 4.74. The van der Waals surface area contributed by atoms with Crippen LogP contribution in [-0.4, -0.2) is 44.6 Å². The van der Waals surface area contributed by atoms with Gasteiger partial charge < -0.3 is 10.2 Å². The Morgan fingerprint density at radius 3 is 2.65 bits per heavy atom. The Kier molecular flexibility index (Phi) is 7.35. The summed E-state index contributed by atoms with van der Waals surface area (Å²) in [6.45, 7) is 6.95. The molecule has 7 nitrogen and oxygen atoms in total. The Balaban J connectivity index is 1.46. The van der Waals surface area contributed by atoms with Crippen LogP contribution in [0.5, 0.6) is 0 Å². The summed E-state index contributed by atoms with van der Waals surface area (Å²) in [4.78, 5) is 32.7. The molecule has 1 saturated heterocycles. The molecule has 1 aliphatic rings. The molecule has 1 fully saturated rings. The Morgan fingerprint density at radius 1 is 1.24 bits per heavy atom. The van der Waals surface area contributed by atoms with Crippen LogP contribution in [0.3, 0.4) is 0 Å². The molecule has 0 atom stereocenters. The third kappa shape index (κ3) is 5.32. The van der Waals surface area contributed by atoms with E-state index < -0.39 is 0 Å². The van der Waals surface area contributed by atoms with Crippen molar-refractivity contribution in [1.82, 2.24) is 19.7 Å². The van der Waals surface area contributed by atoms with E-state index in [9.17, 15) is 9.59 Å². The topological polar surface area (TPSA) is 80.1 Å². The molecule has 0 bridgehead atoms. The number of amides is 2. The maximum absolute atomic E-state index is 13.2. The van der Waals surface area contributed by atoms with E-state index in [2.05, 4.69) is 27.2 Å². The van der Waals surface area contributed by atoms with Gasteiger partial charge in [-0.3, -0.25) is 14.3 Å². The predicted octanol–water partition coefficient (Wildman–Crippen LogP) is 4.77. The van der Waals surface area contributed by atoms with Crippen molar-refractivity contribution in [2.75, 3.05) is 18.4 Å². The van der Waals surface area contributed by atoms with Gasteiger partial charge in [0.25, 0.3) is 5.91 Å². The van der Waals surface area contributed by atoms with Gasteiger partial charge in [-0.25, -0.2) is 4.98 Å². The van der Waals surface area contributed by atoms with E-state index in [1.807, 2.05) is 49.3 Å². The first-order valence-electron chi connectivity index (χ1n) is 11.2. The van der Waals surface area contributed by atoms with Gasteiger partial charge in [-0.2, -0.15) is 5.10 Å². The molecular weight excluding hydrogens is 470 g/mol. The van der Waals surface area contributed by atoms with Crippen LogP contribution >= 0.6 is 22.9 Å². The zero-order valence-corrected chi connectivity index (χ0v) is 20.9. The maximum atomic E-state index is 13.2. The second-order valence-corrected chi connectivity index (χ2v) is 9.92. The predicted molar refractivity (Wildman–Crippen MR) is 134 cm³/mol. The molecule has 176 valence electrons. The van der Waals surface area contributed by atoms with E-state index in [1.165, 1.54) is 6.20 Å². The average Bonchev–Trinajstić information content (AvgIpc) is 3.48. The minimum absolute atomic E-state index is 0.00609. The van der Waals surface area contributed by atoms with Gasteiger partial charge in [-0.1, -0.05) is 43.4 Å². The van der Waals surface area contributed by atoms with Crippen LogP contribution < -0.4 is 5.32 Å². The lowest BCUT2D eigenvalue weighted by molar-refractivity contribution is -0.135. The summed E-state index contributed by atoms with van der Waals surface area (Å²) < 4.78 is 1.69. The number of carbonyl (C=O) groups excluding carboxylic acids is 2. The van der Waals surface area contributed by atoms with Crippen LogP contribution in [0.15, 0.2) is 36.0 Å². The second kappa shape index (κ2) is 10.4. The van der Waals surface area contributed by atoms with Crippen molar-refractivity contribution in [1.29, 1.82) is 0 Å².